The standard InChI is InChI=1S/C43H45N7O6/c1-4-26-22-29-30(43(2,3)39-37(38(29)52)27-10-9-25(24-44)21-32(27)46-39)23-34(26)49-17-15-48(16-18-49)14-6-19-56-20-13-45-31-8-5-7-28-36(31)42(55)50(41(28)54)33-11-12-35(51)47-40(33)53/h5,7-10,21-23,33,45-46H,4,6,11-20H2,1-3H3,(H,47,51,53). The Morgan fingerprint density at radius 2 is 1.75 bits per heavy atom. The minimum atomic E-state index is -1.01. The van der Waals surface area contributed by atoms with Crippen LogP contribution in [0.15, 0.2) is 48.5 Å². The van der Waals surface area contributed by atoms with Crippen molar-refractivity contribution >= 4 is 51.7 Å². The molecule has 3 N–H and O–H groups in total. The van der Waals surface area contributed by atoms with Crippen molar-refractivity contribution in [1.82, 2.24) is 20.1 Å². The largest absolute Gasteiger partial charge is 0.382 e. The third-order valence-corrected chi connectivity index (χ3v) is 11.8. The maximum absolute atomic E-state index is 14.1. The molecule has 2 fully saturated rings. The molecule has 0 radical (unpaired) electrons. The number of amides is 4. The number of nitrogens with one attached hydrogen (secondary N) is 3. The van der Waals surface area contributed by atoms with Crippen LogP contribution in [0.2, 0.25) is 0 Å². The van der Waals surface area contributed by atoms with E-state index in [1.165, 1.54) is 11.3 Å². The smallest absolute Gasteiger partial charge is 0.264 e. The van der Waals surface area contributed by atoms with Crippen LogP contribution in [0.3, 0.4) is 0 Å². The number of aryl methyl sites for hydroxylation is 1. The fourth-order valence-electron chi connectivity index (χ4n) is 8.78. The summed E-state index contributed by atoms with van der Waals surface area (Å²) in [7, 11) is 0. The molecule has 1 aliphatic carbocycles. The molecule has 288 valence electrons. The molecule has 1 aromatic heterocycles. The van der Waals surface area contributed by atoms with Crippen molar-refractivity contribution in [3.05, 3.63) is 93.2 Å². The average molecular weight is 756 g/mol. The van der Waals surface area contributed by atoms with Crippen molar-refractivity contribution in [2.45, 2.75) is 57.9 Å². The number of carbonyl (C=O) groups excluding carboxylic acids is 5. The Hall–Kier alpha value is -5.84. The third-order valence-electron chi connectivity index (χ3n) is 11.8. The van der Waals surface area contributed by atoms with Crippen LogP contribution in [0.25, 0.3) is 10.9 Å². The first-order chi connectivity index (χ1) is 27.0. The maximum Gasteiger partial charge on any atom is 0.264 e. The number of aromatic nitrogens is 1. The van der Waals surface area contributed by atoms with Gasteiger partial charge in [-0.3, -0.25) is 39.1 Å². The van der Waals surface area contributed by atoms with Crippen LogP contribution in [0.1, 0.15) is 99.1 Å². The summed E-state index contributed by atoms with van der Waals surface area (Å²) >= 11 is 0. The second kappa shape index (κ2) is 14.7. The van der Waals surface area contributed by atoms with Gasteiger partial charge in [-0.05, 0) is 66.8 Å². The zero-order chi connectivity index (χ0) is 39.3. The topological polar surface area (TPSA) is 168 Å². The second-order valence-corrected chi connectivity index (χ2v) is 15.5. The Kier molecular flexibility index (Phi) is 9.72. The van der Waals surface area contributed by atoms with Crippen LogP contribution in [0.4, 0.5) is 11.4 Å². The highest BCUT2D eigenvalue weighted by Gasteiger charge is 2.46. The second-order valence-electron chi connectivity index (χ2n) is 15.5. The van der Waals surface area contributed by atoms with Gasteiger partial charge in [0.25, 0.3) is 11.8 Å². The van der Waals surface area contributed by atoms with Gasteiger partial charge in [0.15, 0.2) is 5.78 Å². The average Bonchev–Trinajstić information content (AvgIpc) is 3.71. The van der Waals surface area contributed by atoms with Crippen LogP contribution in [0, 0.1) is 11.3 Å². The lowest BCUT2D eigenvalue weighted by molar-refractivity contribution is -0.136. The van der Waals surface area contributed by atoms with Crippen molar-refractivity contribution in [3.63, 3.8) is 0 Å². The lowest BCUT2D eigenvalue weighted by Crippen LogP contribution is -2.54. The maximum atomic E-state index is 14.1. The summed E-state index contributed by atoms with van der Waals surface area (Å²) in [6.07, 6.45) is 1.87. The van der Waals surface area contributed by atoms with Gasteiger partial charge in [0.2, 0.25) is 11.8 Å². The molecule has 4 aromatic rings. The Bertz CT molecular complexity index is 2350. The number of carbonyl (C=O) groups is 5. The van der Waals surface area contributed by atoms with Crippen LogP contribution in [0.5, 0.6) is 0 Å². The predicted octanol–water partition coefficient (Wildman–Crippen LogP) is 4.51. The summed E-state index contributed by atoms with van der Waals surface area (Å²) in [6, 6.07) is 16.0. The van der Waals surface area contributed by atoms with Gasteiger partial charge in [-0.2, -0.15) is 5.26 Å². The van der Waals surface area contributed by atoms with Crippen LogP contribution in [-0.2, 0) is 26.2 Å². The lowest BCUT2D eigenvalue weighted by atomic mass is 9.70. The van der Waals surface area contributed by atoms with E-state index in [1.54, 1.807) is 24.3 Å². The Morgan fingerprint density at radius 1 is 0.946 bits per heavy atom. The number of ketones is 1. The highest BCUT2D eigenvalue weighted by molar-refractivity contribution is 6.25. The summed E-state index contributed by atoms with van der Waals surface area (Å²) in [5, 5.41) is 15.7. The molecule has 0 saturated carbocycles. The lowest BCUT2D eigenvalue weighted by Gasteiger charge is -2.39. The molecule has 8 rings (SSSR count). The summed E-state index contributed by atoms with van der Waals surface area (Å²) in [6.45, 7) is 12.4. The normalized spacial score (nSPS) is 19.2. The number of imide groups is 2. The first-order valence-electron chi connectivity index (χ1n) is 19.4. The summed E-state index contributed by atoms with van der Waals surface area (Å²) in [5.41, 5.74) is 7.66. The van der Waals surface area contributed by atoms with Crippen LogP contribution in [-0.4, -0.2) is 103 Å². The molecule has 13 nitrogen and oxygen atoms in total. The molecule has 0 bridgehead atoms. The van der Waals surface area contributed by atoms with E-state index in [-0.39, 0.29) is 29.8 Å². The summed E-state index contributed by atoms with van der Waals surface area (Å²) in [5.74, 6) is -2.08. The van der Waals surface area contributed by atoms with E-state index in [9.17, 15) is 29.2 Å². The Morgan fingerprint density at radius 3 is 2.50 bits per heavy atom. The minimum Gasteiger partial charge on any atom is -0.382 e. The SMILES string of the molecule is CCc1cc2c(cc1N1CCN(CCCOCCNc3cccc4c3C(=O)N(C3CCC(=O)NC3=O)C4=O)CC1)C(C)(C)c1[nH]c3cc(C#N)ccc3c1C2=O. The number of piperazine rings is 1. The van der Waals surface area contributed by atoms with Crippen molar-refractivity contribution in [2.75, 3.05) is 62.7 Å². The van der Waals surface area contributed by atoms with Crippen molar-refractivity contribution < 1.29 is 28.7 Å². The van der Waals surface area contributed by atoms with E-state index in [1.807, 2.05) is 12.1 Å². The molecule has 2 saturated heterocycles. The number of fused-ring (bicyclic) bond motifs is 5. The highest BCUT2D eigenvalue weighted by atomic mass is 16.5. The van der Waals surface area contributed by atoms with Gasteiger partial charge in [0.1, 0.15) is 6.04 Å². The molecule has 13 heteroatoms. The molecule has 56 heavy (non-hydrogen) atoms. The highest BCUT2D eigenvalue weighted by Crippen LogP contribution is 2.46. The molecular formula is C43H45N7O6. The van der Waals surface area contributed by atoms with Crippen molar-refractivity contribution in [3.8, 4) is 6.07 Å². The summed E-state index contributed by atoms with van der Waals surface area (Å²) in [4.78, 5) is 73.9. The number of hydrogen-bond acceptors (Lipinski definition) is 10. The number of hydrogen-bond donors (Lipinski definition) is 3. The van der Waals surface area contributed by atoms with E-state index < -0.39 is 35.1 Å². The Balaban J connectivity index is 0.827. The molecule has 0 spiro atoms. The van der Waals surface area contributed by atoms with Gasteiger partial charge < -0.3 is 19.9 Å². The number of benzene rings is 3. The fraction of sp³-hybridized carbons (Fsp3) is 0.395. The molecule has 4 aliphatic rings. The number of rotatable bonds is 11. The number of H-pyrrole nitrogens is 1. The van der Waals surface area contributed by atoms with Crippen molar-refractivity contribution in [1.29, 1.82) is 5.26 Å². The fourth-order valence-corrected chi connectivity index (χ4v) is 8.78. The zero-order valence-corrected chi connectivity index (χ0v) is 31.9. The van der Waals surface area contributed by atoms with E-state index in [0.29, 0.717) is 36.6 Å². The zero-order valence-electron chi connectivity index (χ0n) is 31.9. The molecular weight excluding hydrogens is 711 g/mol. The van der Waals surface area contributed by atoms with Crippen LogP contribution >= 0.6 is 0 Å². The van der Waals surface area contributed by atoms with E-state index >= 15 is 0 Å². The van der Waals surface area contributed by atoms with Crippen molar-refractivity contribution in [2.24, 2.45) is 0 Å². The van der Waals surface area contributed by atoms with E-state index in [4.69, 9.17) is 4.74 Å². The monoisotopic (exact) mass is 755 g/mol. The first kappa shape index (κ1) is 37.1. The van der Waals surface area contributed by atoms with E-state index in [2.05, 4.69) is 64.4 Å². The summed E-state index contributed by atoms with van der Waals surface area (Å²) < 4.78 is 5.92. The molecule has 4 heterocycles. The number of nitrogens with zero attached hydrogens (tertiary/aromatic N) is 4. The third kappa shape index (κ3) is 6.32. The molecule has 3 aromatic carbocycles. The van der Waals surface area contributed by atoms with Gasteiger partial charge in [-0.25, -0.2) is 0 Å². The molecule has 4 amide bonds. The van der Waals surface area contributed by atoms with Crippen LogP contribution < -0.4 is 15.5 Å². The number of ether oxygens (including phenoxy) is 1. The molecule has 1 atom stereocenters. The van der Waals surface area contributed by atoms with Gasteiger partial charge in [-0.15, -0.1) is 0 Å². The first-order valence-corrected chi connectivity index (χ1v) is 19.4. The quantitative estimate of drug-likeness (QED) is 0.146. The van der Waals surface area contributed by atoms with Gasteiger partial charge >= 0.3 is 0 Å². The van der Waals surface area contributed by atoms with Gasteiger partial charge in [-0.1, -0.05) is 32.9 Å². The molecule has 3 aliphatic heterocycles. The molecule has 1 unspecified atom stereocenters. The minimum absolute atomic E-state index is 0.0305. The number of anilines is 2. The van der Waals surface area contributed by atoms with E-state index in [0.717, 1.165) is 78.2 Å². The Labute approximate surface area is 324 Å². The number of aromatic amines is 1. The number of nitriles is 1. The number of piperidine rings is 1. The predicted molar refractivity (Wildman–Crippen MR) is 210 cm³/mol. The van der Waals surface area contributed by atoms with Gasteiger partial charge in [0.05, 0.1) is 34.9 Å². The van der Waals surface area contributed by atoms with Gasteiger partial charge in [0, 0.05) is 91.2 Å².